The smallest absolute Gasteiger partial charge is 0.255 e. The van der Waals surface area contributed by atoms with Crippen LogP contribution in [-0.4, -0.2) is 31.1 Å². The number of H-pyrrole nitrogens is 1. The van der Waals surface area contributed by atoms with Crippen molar-refractivity contribution in [3.05, 3.63) is 60.3 Å². The number of hydrogen-bond acceptors (Lipinski definition) is 5. The molecule has 0 saturated carbocycles. The van der Waals surface area contributed by atoms with Crippen LogP contribution in [-0.2, 0) is 6.54 Å². The number of pyridine rings is 1. The molecule has 0 atom stereocenters. The number of amides is 1. The maximum atomic E-state index is 12.0. The van der Waals surface area contributed by atoms with Gasteiger partial charge in [0.2, 0.25) is 0 Å². The molecule has 0 aliphatic heterocycles. The molecular weight excluding hydrogens is 296 g/mol. The van der Waals surface area contributed by atoms with Gasteiger partial charge in [-0.2, -0.15) is 0 Å². The molecule has 0 bridgehead atoms. The number of rotatable bonds is 4. The Balaban J connectivity index is 1.67. The van der Waals surface area contributed by atoms with E-state index in [1.165, 1.54) is 12.1 Å². The summed E-state index contributed by atoms with van der Waals surface area (Å²) in [6, 6.07) is 7.48. The first-order chi connectivity index (χ1) is 11.1. The third kappa shape index (κ3) is 3.29. The summed E-state index contributed by atoms with van der Waals surface area (Å²) in [5.41, 5.74) is 1.76. The normalized spacial score (nSPS) is 10.4. The van der Waals surface area contributed by atoms with Gasteiger partial charge in [0.05, 0.1) is 17.8 Å². The Morgan fingerprint density at radius 3 is 2.70 bits per heavy atom. The third-order valence-corrected chi connectivity index (χ3v) is 3.25. The number of imidazole rings is 1. The Kier molecular flexibility index (Phi) is 3.92. The van der Waals surface area contributed by atoms with Gasteiger partial charge in [0.25, 0.3) is 5.91 Å². The number of phenolic OH excluding ortho intramolecular Hbond substituents is 2. The fourth-order valence-corrected chi connectivity index (χ4v) is 2.09. The number of nitrogens with one attached hydrogen (secondary N) is 2. The first-order valence-corrected chi connectivity index (χ1v) is 6.88. The summed E-state index contributed by atoms with van der Waals surface area (Å²) in [6.07, 6.45) is 5.10. The molecule has 0 aliphatic carbocycles. The molecule has 0 saturated heterocycles. The third-order valence-electron chi connectivity index (χ3n) is 3.25. The molecule has 1 amide bonds. The number of aromatic hydroxyl groups is 2. The van der Waals surface area contributed by atoms with Crippen molar-refractivity contribution in [2.45, 2.75) is 6.54 Å². The lowest BCUT2D eigenvalue weighted by Crippen LogP contribution is -2.23. The van der Waals surface area contributed by atoms with Gasteiger partial charge in [-0.25, -0.2) is 4.98 Å². The van der Waals surface area contributed by atoms with Crippen molar-refractivity contribution in [1.29, 1.82) is 0 Å². The zero-order chi connectivity index (χ0) is 16.2. The van der Waals surface area contributed by atoms with Crippen LogP contribution in [0.4, 0.5) is 0 Å². The van der Waals surface area contributed by atoms with E-state index >= 15 is 0 Å². The summed E-state index contributed by atoms with van der Waals surface area (Å²) in [5.74, 6) is -0.251. The van der Waals surface area contributed by atoms with Crippen LogP contribution < -0.4 is 5.32 Å². The van der Waals surface area contributed by atoms with Crippen molar-refractivity contribution in [1.82, 2.24) is 20.3 Å². The predicted octanol–water partition coefficient (Wildman–Crippen LogP) is 1.81. The molecule has 7 nitrogen and oxygen atoms in total. The Morgan fingerprint density at radius 1 is 1.17 bits per heavy atom. The van der Waals surface area contributed by atoms with Gasteiger partial charge < -0.3 is 20.5 Å². The van der Waals surface area contributed by atoms with Gasteiger partial charge in [-0.3, -0.25) is 9.78 Å². The van der Waals surface area contributed by atoms with E-state index in [1.54, 1.807) is 18.6 Å². The van der Waals surface area contributed by atoms with Crippen LogP contribution in [0, 0.1) is 0 Å². The minimum absolute atomic E-state index is 0.0868. The lowest BCUT2D eigenvalue weighted by Gasteiger charge is -2.05. The molecule has 2 aromatic heterocycles. The molecule has 3 aromatic rings. The van der Waals surface area contributed by atoms with Crippen LogP contribution in [0.15, 0.2) is 48.9 Å². The molecule has 0 aliphatic rings. The Labute approximate surface area is 131 Å². The highest BCUT2D eigenvalue weighted by molar-refractivity contribution is 5.96. The van der Waals surface area contributed by atoms with E-state index in [-0.39, 0.29) is 23.6 Å². The van der Waals surface area contributed by atoms with Crippen molar-refractivity contribution in [3.8, 4) is 22.8 Å². The van der Waals surface area contributed by atoms with Crippen molar-refractivity contribution < 1.29 is 15.0 Å². The van der Waals surface area contributed by atoms with Gasteiger partial charge in [-0.05, 0) is 24.3 Å². The number of carbonyl (C=O) groups excluding carboxylic acids is 1. The molecule has 0 spiro atoms. The van der Waals surface area contributed by atoms with Gasteiger partial charge in [-0.15, -0.1) is 0 Å². The van der Waals surface area contributed by atoms with Crippen LogP contribution in [0.25, 0.3) is 11.3 Å². The first-order valence-electron chi connectivity index (χ1n) is 6.88. The van der Waals surface area contributed by atoms with Crippen molar-refractivity contribution in [2.75, 3.05) is 0 Å². The second-order valence-corrected chi connectivity index (χ2v) is 4.85. The molecule has 3 rings (SSSR count). The number of aromatic nitrogens is 3. The molecule has 7 heteroatoms. The lowest BCUT2D eigenvalue weighted by molar-refractivity contribution is 0.0947. The number of hydrogen-bond donors (Lipinski definition) is 4. The average molecular weight is 310 g/mol. The molecule has 1 aromatic carbocycles. The SMILES string of the molecule is O=C(NCc1nc(-c2ccncc2)c[nH]1)c1ccc(O)cc1O. The number of carbonyl (C=O) groups is 1. The highest BCUT2D eigenvalue weighted by Gasteiger charge is 2.12. The predicted molar refractivity (Wildman–Crippen MR) is 82.8 cm³/mol. The van der Waals surface area contributed by atoms with Crippen LogP contribution >= 0.6 is 0 Å². The number of aromatic amines is 1. The molecule has 116 valence electrons. The monoisotopic (exact) mass is 310 g/mol. The summed E-state index contributed by atoms with van der Waals surface area (Å²) >= 11 is 0. The molecule has 23 heavy (non-hydrogen) atoms. The fraction of sp³-hybridized carbons (Fsp3) is 0.0625. The molecule has 0 unspecified atom stereocenters. The van der Waals surface area contributed by atoms with Gasteiger partial charge in [0, 0.05) is 30.2 Å². The molecule has 4 N–H and O–H groups in total. The molecular formula is C16H14N4O3. The van der Waals surface area contributed by atoms with Gasteiger partial charge in [0.1, 0.15) is 17.3 Å². The molecule has 2 heterocycles. The topological polar surface area (TPSA) is 111 Å². The quantitative estimate of drug-likeness (QED) is 0.587. The molecule has 0 fully saturated rings. The summed E-state index contributed by atoms with van der Waals surface area (Å²) in [6.45, 7) is 0.185. The second-order valence-electron chi connectivity index (χ2n) is 4.85. The van der Waals surface area contributed by atoms with Crippen LogP contribution in [0.3, 0.4) is 0 Å². The van der Waals surface area contributed by atoms with Crippen LogP contribution in [0.2, 0.25) is 0 Å². The Hall–Kier alpha value is -3.35. The maximum Gasteiger partial charge on any atom is 0.255 e. The average Bonchev–Trinajstić information content (AvgIpc) is 3.02. The van der Waals surface area contributed by atoms with Crippen molar-refractivity contribution >= 4 is 5.91 Å². The van der Waals surface area contributed by atoms with Gasteiger partial charge in [0.15, 0.2) is 0 Å². The summed E-state index contributed by atoms with van der Waals surface area (Å²) in [4.78, 5) is 23.3. The standard InChI is InChI=1S/C16H14N4O3/c21-11-1-2-12(14(22)7-11)16(23)19-9-15-18-8-13(20-15)10-3-5-17-6-4-10/h1-8,21-22H,9H2,(H,18,20)(H,19,23). The maximum absolute atomic E-state index is 12.0. The van der Waals surface area contributed by atoms with E-state index in [0.717, 1.165) is 17.3 Å². The minimum Gasteiger partial charge on any atom is -0.508 e. The zero-order valence-corrected chi connectivity index (χ0v) is 12.0. The van der Waals surface area contributed by atoms with Crippen LogP contribution in [0.1, 0.15) is 16.2 Å². The second kappa shape index (κ2) is 6.18. The molecule has 0 radical (unpaired) electrons. The van der Waals surface area contributed by atoms with E-state index < -0.39 is 5.91 Å². The summed E-state index contributed by atoms with van der Waals surface area (Å²) in [5, 5.41) is 21.5. The zero-order valence-electron chi connectivity index (χ0n) is 12.0. The highest BCUT2D eigenvalue weighted by atomic mass is 16.3. The number of phenols is 2. The summed E-state index contributed by atoms with van der Waals surface area (Å²) in [7, 11) is 0. The van der Waals surface area contributed by atoms with E-state index in [9.17, 15) is 15.0 Å². The van der Waals surface area contributed by atoms with Crippen LogP contribution in [0.5, 0.6) is 11.5 Å². The number of nitrogens with zero attached hydrogens (tertiary/aromatic N) is 2. The van der Waals surface area contributed by atoms with E-state index in [1.807, 2.05) is 12.1 Å². The first kappa shape index (κ1) is 14.6. The van der Waals surface area contributed by atoms with Gasteiger partial charge >= 0.3 is 0 Å². The van der Waals surface area contributed by atoms with E-state index in [4.69, 9.17) is 0 Å². The largest absolute Gasteiger partial charge is 0.508 e. The van der Waals surface area contributed by atoms with Gasteiger partial charge in [-0.1, -0.05) is 0 Å². The van der Waals surface area contributed by atoms with E-state index in [0.29, 0.717) is 5.82 Å². The minimum atomic E-state index is -0.454. The summed E-state index contributed by atoms with van der Waals surface area (Å²) < 4.78 is 0. The Morgan fingerprint density at radius 2 is 1.96 bits per heavy atom. The number of benzene rings is 1. The fourth-order valence-electron chi connectivity index (χ4n) is 2.09. The van der Waals surface area contributed by atoms with E-state index in [2.05, 4.69) is 20.3 Å². The Bertz CT molecular complexity index is 830. The van der Waals surface area contributed by atoms with Crippen molar-refractivity contribution in [3.63, 3.8) is 0 Å². The van der Waals surface area contributed by atoms with Crippen molar-refractivity contribution in [2.24, 2.45) is 0 Å². The highest BCUT2D eigenvalue weighted by Crippen LogP contribution is 2.22. The lowest BCUT2D eigenvalue weighted by atomic mass is 10.2.